The number of carbonyl (C=O) groups is 2. The Labute approximate surface area is 125 Å². The largest absolute Gasteiger partial charge is 0.496 e. The van der Waals surface area contributed by atoms with Crippen molar-refractivity contribution in [3.8, 4) is 5.75 Å². The molecule has 0 aliphatic carbocycles. The van der Waals surface area contributed by atoms with Crippen molar-refractivity contribution in [3.05, 3.63) is 29.3 Å². The van der Waals surface area contributed by atoms with Crippen LogP contribution in [0.25, 0.3) is 0 Å². The second kappa shape index (κ2) is 7.11. The summed E-state index contributed by atoms with van der Waals surface area (Å²) in [6.45, 7) is 4.92. The van der Waals surface area contributed by atoms with Crippen molar-refractivity contribution >= 4 is 11.9 Å². The fourth-order valence-corrected chi connectivity index (χ4v) is 2.01. The van der Waals surface area contributed by atoms with Gasteiger partial charge in [0.25, 0.3) is 0 Å². The summed E-state index contributed by atoms with van der Waals surface area (Å²) in [4.78, 5) is 22.6. The molecule has 1 aromatic carbocycles. The number of methoxy groups -OCH3 is 1. The topological polar surface area (TPSA) is 75.6 Å². The zero-order valence-electron chi connectivity index (χ0n) is 13.0. The fourth-order valence-electron chi connectivity index (χ4n) is 2.01. The molecule has 0 saturated heterocycles. The Morgan fingerprint density at radius 1 is 1.33 bits per heavy atom. The summed E-state index contributed by atoms with van der Waals surface area (Å²) >= 11 is 0. The van der Waals surface area contributed by atoms with E-state index >= 15 is 0 Å². The fraction of sp³-hybridized carbons (Fsp3) is 0.500. The number of rotatable bonds is 7. The summed E-state index contributed by atoms with van der Waals surface area (Å²) in [5.41, 5.74) is 0.971. The number of aryl methyl sites for hydroxylation is 2. The van der Waals surface area contributed by atoms with Crippen LogP contribution in [-0.2, 0) is 16.0 Å². The van der Waals surface area contributed by atoms with Gasteiger partial charge < -0.3 is 15.2 Å². The van der Waals surface area contributed by atoms with Crippen molar-refractivity contribution in [2.75, 3.05) is 7.11 Å². The number of nitrogens with one attached hydrogen (secondary N) is 1. The van der Waals surface area contributed by atoms with E-state index in [2.05, 4.69) is 5.32 Å². The number of amides is 1. The highest BCUT2D eigenvalue weighted by Gasteiger charge is 2.28. The molecule has 0 bridgehead atoms. The lowest BCUT2D eigenvalue weighted by Crippen LogP contribution is -2.49. The standard InChI is InChI=1S/C16H23NO4/c1-11-10-12(8-9-13(11)21-4)6-5-7-14(18)17-16(2,3)15(19)20/h8-10H,5-7H2,1-4H3,(H,17,18)(H,19,20). The van der Waals surface area contributed by atoms with E-state index in [-0.39, 0.29) is 5.91 Å². The number of hydrogen-bond acceptors (Lipinski definition) is 3. The highest BCUT2D eigenvalue weighted by molar-refractivity contribution is 5.86. The van der Waals surface area contributed by atoms with Crippen LogP contribution in [0.2, 0.25) is 0 Å². The van der Waals surface area contributed by atoms with Gasteiger partial charge in [-0.2, -0.15) is 0 Å². The van der Waals surface area contributed by atoms with Crippen molar-refractivity contribution in [2.24, 2.45) is 0 Å². The molecule has 0 aromatic heterocycles. The molecule has 0 radical (unpaired) electrons. The Morgan fingerprint density at radius 2 is 2.00 bits per heavy atom. The first-order chi connectivity index (χ1) is 9.76. The molecule has 1 amide bonds. The highest BCUT2D eigenvalue weighted by Crippen LogP contribution is 2.19. The van der Waals surface area contributed by atoms with Crippen LogP contribution < -0.4 is 10.1 Å². The molecule has 0 saturated carbocycles. The number of carboxylic acid groups (broad SMARTS) is 1. The molecule has 1 rings (SSSR count). The van der Waals surface area contributed by atoms with E-state index in [0.717, 1.165) is 23.3 Å². The second-order valence-electron chi connectivity index (χ2n) is 5.64. The molecule has 0 spiro atoms. The minimum atomic E-state index is -1.23. The Kier molecular flexibility index (Phi) is 5.76. The summed E-state index contributed by atoms with van der Waals surface area (Å²) in [6.07, 6.45) is 1.75. The maximum atomic E-state index is 11.7. The molecular weight excluding hydrogens is 270 g/mol. The van der Waals surface area contributed by atoms with E-state index in [1.807, 2.05) is 25.1 Å². The first-order valence-corrected chi connectivity index (χ1v) is 6.94. The Hall–Kier alpha value is -2.04. The van der Waals surface area contributed by atoms with E-state index in [1.165, 1.54) is 13.8 Å². The lowest BCUT2D eigenvalue weighted by atomic mass is 10.0. The van der Waals surface area contributed by atoms with Gasteiger partial charge in [0.05, 0.1) is 7.11 Å². The van der Waals surface area contributed by atoms with Gasteiger partial charge in [-0.25, -0.2) is 4.79 Å². The molecule has 0 aliphatic heterocycles. The van der Waals surface area contributed by atoms with E-state index in [0.29, 0.717) is 12.8 Å². The molecule has 21 heavy (non-hydrogen) atoms. The third-order valence-electron chi connectivity index (χ3n) is 3.32. The summed E-state index contributed by atoms with van der Waals surface area (Å²) in [7, 11) is 1.64. The lowest BCUT2D eigenvalue weighted by molar-refractivity contribution is -0.146. The SMILES string of the molecule is COc1ccc(CCCC(=O)NC(C)(C)C(=O)O)cc1C. The number of ether oxygens (including phenoxy) is 1. The zero-order chi connectivity index (χ0) is 16.0. The van der Waals surface area contributed by atoms with Crippen molar-refractivity contribution in [2.45, 2.75) is 45.6 Å². The number of aliphatic carboxylic acids is 1. The molecule has 0 unspecified atom stereocenters. The van der Waals surface area contributed by atoms with Crippen LogP contribution in [0.4, 0.5) is 0 Å². The predicted molar refractivity (Wildman–Crippen MR) is 80.5 cm³/mol. The van der Waals surface area contributed by atoms with Gasteiger partial charge in [0.15, 0.2) is 0 Å². The van der Waals surface area contributed by atoms with Crippen molar-refractivity contribution < 1.29 is 19.4 Å². The molecule has 5 nitrogen and oxygen atoms in total. The van der Waals surface area contributed by atoms with Crippen LogP contribution in [0.3, 0.4) is 0 Å². The quantitative estimate of drug-likeness (QED) is 0.809. The smallest absolute Gasteiger partial charge is 0.328 e. The Bertz CT molecular complexity index is 523. The Balaban J connectivity index is 2.45. The van der Waals surface area contributed by atoms with Gasteiger partial charge >= 0.3 is 5.97 Å². The van der Waals surface area contributed by atoms with Crippen molar-refractivity contribution in [1.82, 2.24) is 5.32 Å². The van der Waals surface area contributed by atoms with Gasteiger partial charge in [0, 0.05) is 6.42 Å². The average Bonchev–Trinajstić information content (AvgIpc) is 2.38. The molecule has 2 N–H and O–H groups in total. The van der Waals surface area contributed by atoms with E-state index < -0.39 is 11.5 Å². The van der Waals surface area contributed by atoms with Crippen LogP contribution in [0.5, 0.6) is 5.75 Å². The monoisotopic (exact) mass is 293 g/mol. The summed E-state index contributed by atoms with van der Waals surface area (Å²) in [6, 6.07) is 5.93. The first-order valence-electron chi connectivity index (χ1n) is 6.94. The van der Waals surface area contributed by atoms with Gasteiger partial charge in [-0.1, -0.05) is 12.1 Å². The molecule has 5 heteroatoms. The number of carbonyl (C=O) groups excluding carboxylic acids is 1. The normalized spacial score (nSPS) is 11.0. The number of benzene rings is 1. The van der Waals surface area contributed by atoms with Gasteiger partial charge in [0.1, 0.15) is 11.3 Å². The molecule has 1 aromatic rings. The third kappa shape index (κ3) is 5.10. The molecular formula is C16H23NO4. The zero-order valence-corrected chi connectivity index (χ0v) is 13.0. The van der Waals surface area contributed by atoms with Crippen molar-refractivity contribution in [3.63, 3.8) is 0 Å². The van der Waals surface area contributed by atoms with Gasteiger partial charge in [-0.05, 0) is 50.8 Å². The van der Waals surface area contributed by atoms with Crippen LogP contribution in [0.15, 0.2) is 18.2 Å². The summed E-state index contributed by atoms with van der Waals surface area (Å²) in [5.74, 6) is -0.436. The Morgan fingerprint density at radius 3 is 2.52 bits per heavy atom. The molecule has 0 heterocycles. The maximum Gasteiger partial charge on any atom is 0.328 e. The minimum Gasteiger partial charge on any atom is -0.496 e. The van der Waals surface area contributed by atoms with Crippen LogP contribution >= 0.6 is 0 Å². The minimum absolute atomic E-state index is 0.243. The van der Waals surface area contributed by atoms with Gasteiger partial charge in [-0.3, -0.25) is 4.79 Å². The van der Waals surface area contributed by atoms with Crippen LogP contribution in [0, 0.1) is 6.92 Å². The molecule has 0 aliphatic rings. The predicted octanol–water partition coefficient (Wildman–Crippen LogP) is 2.31. The second-order valence-corrected chi connectivity index (χ2v) is 5.64. The van der Waals surface area contributed by atoms with Crippen LogP contribution in [0.1, 0.15) is 37.8 Å². The summed E-state index contributed by atoms with van der Waals surface area (Å²) < 4.78 is 5.20. The first kappa shape index (κ1) is 17.0. The van der Waals surface area contributed by atoms with Gasteiger partial charge in [0.2, 0.25) is 5.91 Å². The van der Waals surface area contributed by atoms with E-state index in [1.54, 1.807) is 7.11 Å². The number of hydrogen-bond donors (Lipinski definition) is 2. The molecule has 0 atom stereocenters. The lowest BCUT2D eigenvalue weighted by Gasteiger charge is -2.20. The van der Waals surface area contributed by atoms with E-state index in [4.69, 9.17) is 9.84 Å². The number of carboxylic acids is 1. The highest BCUT2D eigenvalue weighted by atomic mass is 16.5. The van der Waals surface area contributed by atoms with E-state index in [9.17, 15) is 9.59 Å². The summed E-state index contributed by atoms with van der Waals surface area (Å²) in [5, 5.41) is 11.5. The molecule has 116 valence electrons. The maximum absolute atomic E-state index is 11.7. The van der Waals surface area contributed by atoms with Gasteiger partial charge in [-0.15, -0.1) is 0 Å². The van der Waals surface area contributed by atoms with Crippen LogP contribution in [-0.4, -0.2) is 29.6 Å². The molecule has 0 fully saturated rings. The van der Waals surface area contributed by atoms with Crippen molar-refractivity contribution in [1.29, 1.82) is 0 Å². The third-order valence-corrected chi connectivity index (χ3v) is 3.32. The average molecular weight is 293 g/mol.